The number of hydrogen-bond donors (Lipinski definition) is 1. The SMILES string of the molecule is O=C(Nc1ccc2ccccc2c1)c1nc(-c2ccccc2)n(-c2ccc(F)cc2)n1. The van der Waals surface area contributed by atoms with Gasteiger partial charge in [-0.25, -0.2) is 14.1 Å². The van der Waals surface area contributed by atoms with Crippen LogP contribution >= 0.6 is 0 Å². The van der Waals surface area contributed by atoms with Crippen LogP contribution in [0, 0.1) is 5.82 Å². The summed E-state index contributed by atoms with van der Waals surface area (Å²) in [5.41, 5.74) is 2.06. The molecule has 6 heteroatoms. The van der Waals surface area contributed by atoms with Gasteiger partial charge in [0.05, 0.1) is 5.69 Å². The second-order valence-electron chi connectivity index (χ2n) is 7.03. The van der Waals surface area contributed by atoms with Crippen LogP contribution < -0.4 is 5.32 Å². The van der Waals surface area contributed by atoms with Crippen LogP contribution in [0.4, 0.5) is 10.1 Å². The highest BCUT2D eigenvalue weighted by atomic mass is 19.1. The van der Waals surface area contributed by atoms with E-state index in [4.69, 9.17) is 0 Å². The standard InChI is InChI=1S/C25H17FN4O/c26-20-11-14-22(15-12-20)30-24(18-7-2-1-3-8-18)28-23(29-30)25(31)27-21-13-10-17-6-4-5-9-19(17)16-21/h1-16H,(H,27,31). The number of amides is 1. The molecular weight excluding hydrogens is 391 g/mol. The number of carbonyl (C=O) groups is 1. The largest absolute Gasteiger partial charge is 0.319 e. The summed E-state index contributed by atoms with van der Waals surface area (Å²) in [5.74, 6) is -0.250. The molecule has 0 spiro atoms. The van der Waals surface area contributed by atoms with Gasteiger partial charge in [-0.05, 0) is 47.2 Å². The van der Waals surface area contributed by atoms with Gasteiger partial charge in [0.2, 0.25) is 5.82 Å². The van der Waals surface area contributed by atoms with E-state index in [-0.39, 0.29) is 11.6 Å². The van der Waals surface area contributed by atoms with Crippen LogP contribution in [0.5, 0.6) is 0 Å². The first-order chi connectivity index (χ1) is 15.2. The summed E-state index contributed by atoms with van der Waals surface area (Å²) in [4.78, 5) is 17.4. The van der Waals surface area contributed by atoms with Crippen LogP contribution in [0.3, 0.4) is 0 Å². The number of nitrogens with one attached hydrogen (secondary N) is 1. The molecule has 0 radical (unpaired) electrons. The zero-order valence-electron chi connectivity index (χ0n) is 16.4. The Labute approximate surface area is 177 Å². The van der Waals surface area contributed by atoms with Crippen molar-refractivity contribution < 1.29 is 9.18 Å². The summed E-state index contributed by atoms with van der Waals surface area (Å²) in [6, 6.07) is 28.9. The van der Waals surface area contributed by atoms with Crippen molar-refractivity contribution in [2.45, 2.75) is 0 Å². The van der Waals surface area contributed by atoms with Crippen LogP contribution in [0.25, 0.3) is 27.8 Å². The van der Waals surface area contributed by atoms with Gasteiger partial charge in [0.1, 0.15) is 5.82 Å². The highest BCUT2D eigenvalue weighted by molar-refractivity contribution is 6.03. The minimum atomic E-state index is -0.423. The highest BCUT2D eigenvalue weighted by Gasteiger charge is 2.19. The second kappa shape index (κ2) is 7.84. The average molecular weight is 408 g/mol. The van der Waals surface area contributed by atoms with Crippen LogP contribution in [0.15, 0.2) is 97.1 Å². The summed E-state index contributed by atoms with van der Waals surface area (Å²) in [6.07, 6.45) is 0. The number of aromatic nitrogens is 3. The van der Waals surface area contributed by atoms with Gasteiger partial charge in [0, 0.05) is 11.3 Å². The third-order valence-corrected chi connectivity index (χ3v) is 4.92. The van der Waals surface area contributed by atoms with Crippen LogP contribution in [0.2, 0.25) is 0 Å². The molecule has 0 atom stereocenters. The van der Waals surface area contributed by atoms with Crippen molar-refractivity contribution in [3.63, 3.8) is 0 Å². The Morgan fingerprint density at radius 2 is 1.52 bits per heavy atom. The first kappa shape index (κ1) is 18.7. The molecule has 1 amide bonds. The zero-order chi connectivity index (χ0) is 21.2. The summed E-state index contributed by atoms with van der Waals surface area (Å²) in [5, 5.41) is 9.39. The average Bonchev–Trinajstić information content (AvgIpc) is 3.26. The minimum absolute atomic E-state index is 0.0244. The predicted molar refractivity (Wildman–Crippen MR) is 119 cm³/mol. The second-order valence-corrected chi connectivity index (χ2v) is 7.03. The third kappa shape index (κ3) is 3.79. The van der Waals surface area contributed by atoms with E-state index in [9.17, 15) is 9.18 Å². The van der Waals surface area contributed by atoms with Crippen molar-refractivity contribution in [2.75, 3.05) is 5.32 Å². The molecule has 0 unspecified atom stereocenters. The maximum atomic E-state index is 13.4. The molecule has 5 nitrogen and oxygen atoms in total. The van der Waals surface area contributed by atoms with Crippen molar-refractivity contribution in [3.05, 3.63) is 109 Å². The molecule has 150 valence electrons. The normalized spacial score (nSPS) is 10.9. The number of rotatable bonds is 4. The summed E-state index contributed by atoms with van der Waals surface area (Å²) in [7, 11) is 0. The number of nitrogens with zero attached hydrogens (tertiary/aromatic N) is 3. The molecule has 0 aliphatic carbocycles. The highest BCUT2D eigenvalue weighted by Crippen LogP contribution is 2.23. The topological polar surface area (TPSA) is 59.8 Å². The van der Waals surface area contributed by atoms with E-state index in [1.165, 1.54) is 12.1 Å². The molecule has 1 heterocycles. The molecule has 0 fully saturated rings. The zero-order valence-corrected chi connectivity index (χ0v) is 16.4. The number of halogens is 1. The Kier molecular flexibility index (Phi) is 4.72. The Morgan fingerprint density at radius 1 is 0.806 bits per heavy atom. The van der Waals surface area contributed by atoms with Gasteiger partial charge < -0.3 is 5.32 Å². The lowest BCUT2D eigenvalue weighted by atomic mass is 10.1. The molecule has 5 aromatic rings. The van der Waals surface area contributed by atoms with Crippen LogP contribution in [-0.4, -0.2) is 20.7 Å². The van der Waals surface area contributed by atoms with Gasteiger partial charge in [-0.2, -0.15) is 0 Å². The van der Waals surface area contributed by atoms with Crippen molar-refractivity contribution in [2.24, 2.45) is 0 Å². The first-order valence-corrected chi connectivity index (χ1v) is 9.76. The fourth-order valence-electron chi connectivity index (χ4n) is 3.40. The van der Waals surface area contributed by atoms with Gasteiger partial charge in [-0.3, -0.25) is 4.79 Å². The fourth-order valence-corrected chi connectivity index (χ4v) is 3.40. The maximum absolute atomic E-state index is 13.4. The summed E-state index contributed by atoms with van der Waals surface area (Å²) >= 11 is 0. The Morgan fingerprint density at radius 3 is 2.29 bits per heavy atom. The minimum Gasteiger partial charge on any atom is -0.319 e. The molecule has 1 aromatic heterocycles. The quantitative estimate of drug-likeness (QED) is 0.428. The number of benzene rings is 4. The van der Waals surface area contributed by atoms with Gasteiger partial charge in [-0.1, -0.05) is 60.7 Å². The van der Waals surface area contributed by atoms with Crippen molar-refractivity contribution in [1.82, 2.24) is 14.8 Å². The molecule has 0 saturated heterocycles. The van der Waals surface area contributed by atoms with Crippen LogP contribution in [0.1, 0.15) is 10.6 Å². The molecule has 0 aliphatic heterocycles. The van der Waals surface area contributed by atoms with Gasteiger partial charge >= 0.3 is 0 Å². The maximum Gasteiger partial charge on any atom is 0.295 e. The molecule has 0 bridgehead atoms. The Hall–Kier alpha value is -4.32. The first-order valence-electron chi connectivity index (χ1n) is 9.76. The van der Waals surface area contributed by atoms with E-state index in [2.05, 4.69) is 15.4 Å². The molecular formula is C25H17FN4O. The van der Waals surface area contributed by atoms with Gasteiger partial charge in [0.15, 0.2) is 5.82 Å². The van der Waals surface area contributed by atoms with Gasteiger partial charge in [-0.15, -0.1) is 5.10 Å². The van der Waals surface area contributed by atoms with E-state index >= 15 is 0 Å². The smallest absolute Gasteiger partial charge is 0.295 e. The Bertz CT molecular complexity index is 1380. The summed E-state index contributed by atoms with van der Waals surface area (Å²) in [6.45, 7) is 0. The molecule has 31 heavy (non-hydrogen) atoms. The molecule has 0 aliphatic rings. The number of carbonyl (C=O) groups excluding carboxylic acids is 1. The molecule has 5 rings (SSSR count). The third-order valence-electron chi connectivity index (χ3n) is 4.92. The lowest BCUT2D eigenvalue weighted by Crippen LogP contribution is -2.14. The van der Waals surface area contributed by atoms with Crippen LogP contribution in [-0.2, 0) is 0 Å². The fraction of sp³-hybridized carbons (Fsp3) is 0. The van der Waals surface area contributed by atoms with Gasteiger partial charge in [0.25, 0.3) is 5.91 Å². The number of fused-ring (bicyclic) bond motifs is 1. The molecule has 4 aromatic carbocycles. The summed E-state index contributed by atoms with van der Waals surface area (Å²) < 4.78 is 14.9. The van der Waals surface area contributed by atoms with E-state index < -0.39 is 5.91 Å². The lowest BCUT2D eigenvalue weighted by molar-refractivity contribution is 0.101. The van der Waals surface area contributed by atoms with E-state index in [1.54, 1.807) is 16.8 Å². The van der Waals surface area contributed by atoms with Crippen molar-refractivity contribution in [3.8, 4) is 17.1 Å². The predicted octanol–water partition coefficient (Wildman–Crippen LogP) is 5.48. The monoisotopic (exact) mass is 408 g/mol. The van der Waals surface area contributed by atoms with E-state index in [1.807, 2.05) is 72.8 Å². The lowest BCUT2D eigenvalue weighted by Gasteiger charge is -2.05. The van der Waals surface area contributed by atoms with E-state index in [0.717, 1.165) is 16.3 Å². The van der Waals surface area contributed by atoms with E-state index in [0.29, 0.717) is 17.2 Å². The molecule has 1 N–H and O–H groups in total. The van der Waals surface area contributed by atoms with Crippen molar-refractivity contribution >= 4 is 22.4 Å². The van der Waals surface area contributed by atoms with Crippen molar-refractivity contribution in [1.29, 1.82) is 0 Å². The Balaban J connectivity index is 1.52. The number of anilines is 1. The molecule has 0 saturated carbocycles. The number of hydrogen-bond acceptors (Lipinski definition) is 3.